The zero-order valence-corrected chi connectivity index (χ0v) is 19.2. The van der Waals surface area contributed by atoms with Gasteiger partial charge in [-0.05, 0) is 32.9 Å². The largest absolute Gasteiger partial charge is 0.538 e. The lowest BCUT2D eigenvalue weighted by atomic mass is 10.2. The number of hydrogen-bond donors (Lipinski definition) is 1. The Balaban J connectivity index is 2.97. The Labute approximate surface area is 181 Å². The van der Waals surface area contributed by atoms with Crippen molar-refractivity contribution in [2.24, 2.45) is 0 Å². The van der Waals surface area contributed by atoms with Crippen LogP contribution in [0.1, 0.15) is 31.1 Å². The second-order valence-electron chi connectivity index (χ2n) is 5.50. The van der Waals surface area contributed by atoms with Crippen LogP contribution in [-0.4, -0.2) is 50.2 Å². The van der Waals surface area contributed by atoms with Gasteiger partial charge in [0.2, 0.25) is 0 Å². The SMILES string of the molecule is C#COP(=O)(OCC)OCC(COC(=O)c1ccccc1O)OP(=O)(OCC)OCC. The van der Waals surface area contributed by atoms with Crippen molar-refractivity contribution in [3.05, 3.63) is 29.8 Å². The van der Waals surface area contributed by atoms with E-state index in [9.17, 15) is 19.0 Å². The number of phosphoric acid groups is 2. The molecule has 0 heterocycles. The Kier molecular flexibility index (Phi) is 11.8. The molecule has 0 saturated carbocycles. The molecule has 0 aliphatic heterocycles. The lowest BCUT2D eigenvalue weighted by Crippen LogP contribution is -2.27. The van der Waals surface area contributed by atoms with Gasteiger partial charge in [0.1, 0.15) is 30.1 Å². The molecule has 0 aromatic heterocycles. The van der Waals surface area contributed by atoms with E-state index in [4.69, 9.17) is 33.8 Å². The Morgan fingerprint density at radius 1 is 1.00 bits per heavy atom. The molecule has 0 radical (unpaired) electrons. The van der Waals surface area contributed by atoms with Crippen LogP contribution in [0.3, 0.4) is 0 Å². The number of ether oxygens (including phenoxy) is 1. The van der Waals surface area contributed by atoms with E-state index >= 15 is 0 Å². The molecule has 0 bridgehead atoms. The topological polar surface area (TPSA) is 136 Å². The Hall–Kier alpha value is -1.89. The van der Waals surface area contributed by atoms with Gasteiger partial charge in [0, 0.05) is 0 Å². The maximum atomic E-state index is 12.7. The van der Waals surface area contributed by atoms with E-state index in [1.807, 2.05) is 0 Å². The number of carbonyl (C=O) groups excluding carboxylic acids is 1. The molecule has 13 heteroatoms. The quantitative estimate of drug-likeness (QED) is 0.222. The van der Waals surface area contributed by atoms with Gasteiger partial charge < -0.3 is 14.4 Å². The van der Waals surface area contributed by atoms with E-state index in [2.05, 4.69) is 4.52 Å². The van der Waals surface area contributed by atoms with Gasteiger partial charge in [0.15, 0.2) is 0 Å². The monoisotopic (exact) mass is 480 g/mol. The minimum Gasteiger partial charge on any atom is -0.507 e. The molecule has 1 rings (SSSR count). The summed E-state index contributed by atoms with van der Waals surface area (Å²) in [6, 6.07) is 5.71. The molecule has 0 amide bonds. The summed E-state index contributed by atoms with van der Waals surface area (Å²) in [6.45, 7) is 3.54. The molecular weight excluding hydrogens is 454 g/mol. The predicted molar refractivity (Wildman–Crippen MR) is 109 cm³/mol. The van der Waals surface area contributed by atoms with E-state index in [1.165, 1.54) is 31.2 Å². The van der Waals surface area contributed by atoms with Gasteiger partial charge in [-0.25, -0.2) is 13.9 Å². The van der Waals surface area contributed by atoms with Crippen molar-refractivity contribution in [3.8, 4) is 18.3 Å². The second kappa shape index (κ2) is 13.5. The number of phosphoric ester groups is 2. The van der Waals surface area contributed by atoms with Crippen LogP contribution in [-0.2, 0) is 41.0 Å². The van der Waals surface area contributed by atoms with Gasteiger partial charge in [-0.2, -0.15) is 0 Å². The number of para-hydroxylation sites is 1. The predicted octanol–water partition coefficient (Wildman–Crippen LogP) is 3.88. The van der Waals surface area contributed by atoms with E-state index < -0.39 is 40.9 Å². The fourth-order valence-corrected chi connectivity index (χ4v) is 4.38. The zero-order chi connectivity index (χ0) is 23.3. The summed E-state index contributed by atoms with van der Waals surface area (Å²) in [6.07, 6.45) is 5.42. The van der Waals surface area contributed by atoms with Crippen LogP contribution in [0.4, 0.5) is 0 Å². The van der Waals surface area contributed by atoms with Gasteiger partial charge in [-0.1, -0.05) is 18.6 Å². The van der Waals surface area contributed by atoms with Crippen molar-refractivity contribution in [2.75, 3.05) is 33.0 Å². The highest BCUT2D eigenvalue weighted by Crippen LogP contribution is 2.52. The normalized spacial score (nSPS) is 14.3. The van der Waals surface area contributed by atoms with E-state index in [-0.39, 0.29) is 31.1 Å². The van der Waals surface area contributed by atoms with Crippen molar-refractivity contribution < 1.29 is 50.9 Å². The summed E-state index contributed by atoms with van der Waals surface area (Å²) in [4.78, 5) is 12.3. The third-order valence-corrected chi connectivity index (χ3v) is 6.32. The summed E-state index contributed by atoms with van der Waals surface area (Å²) in [5.74, 6) is -1.18. The Bertz CT molecular complexity index is 826. The summed E-state index contributed by atoms with van der Waals surface area (Å²) in [7, 11) is -8.21. The number of phenols is 1. The van der Waals surface area contributed by atoms with Gasteiger partial charge in [-0.15, -0.1) is 0 Å². The first kappa shape index (κ1) is 27.1. The van der Waals surface area contributed by atoms with Crippen LogP contribution in [0.5, 0.6) is 5.75 Å². The molecule has 11 nitrogen and oxygen atoms in total. The molecule has 2 atom stereocenters. The van der Waals surface area contributed by atoms with E-state index in [0.29, 0.717) is 0 Å². The number of benzene rings is 1. The molecule has 0 fully saturated rings. The average Bonchev–Trinajstić information content (AvgIpc) is 2.71. The van der Waals surface area contributed by atoms with Crippen LogP contribution in [0, 0.1) is 12.5 Å². The molecule has 0 spiro atoms. The van der Waals surface area contributed by atoms with Crippen molar-refractivity contribution in [1.82, 2.24) is 0 Å². The van der Waals surface area contributed by atoms with Crippen molar-refractivity contribution in [1.29, 1.82) is 0 Å². The lowest BCUT2D eigenvalue weighted by Gasteiger charge is -2.24. The van der Waals surface area contributed by atoms with Crippen LogP contribution in [0.25, 0.3) is 0 Å². The number of terminal acetylenes is 1. The standard InChI is InChI=1S/C18H26O11P2/c1-5-24-30(21,25-6-2)28-14-15(29-31(22,26-7-3)27-8-4)13-23-18(20)16-11-9-10-12-17(16)19/h1,9-12,15,19H,6-8,13-14H2,2-4H3. The highest BCUT2D eigenvalue weighted by atomic mass is 31.2. The van der Waals surface area contributed by atoms with Crippen LogP contribution < -0.4 is 0 Å². The third-order valence-electron chi connectivity index (χ3n) is 3.25. The minimum absolute atomic E-state index is 0.000173. The summed E-state index contributed by atoms with van der Waals surface area (Å²) in [5, 5.41) is 9.77. The summed E-state index contributed by atoms with van der Waals surface area (Å²) in [5.41, 5.74) is -0.101. The van der Waals surface area contributed by atoms with E-state index in [1.54, 1.807) is 20.0 Å². The first-order chi connectivity index (χ1) is 14.7. The average molecular weight is 480 g/mol. The smallest absolute Gasteiger partial charge is 0.507 e. The summed E-state index contributed by atoms with van der Waals surface area (Å²) < 4.78 is 60.2. The van der Waals surface area contributed by atoms with Crippen LogP contribution >= 0.6 is 15.6 Å². The molecular formula is C18H26O11P2. The number of hydrogen-bond acceptors (Lipinski definition) is 11. The molecule has 0 aliphatic rings. The molecule has 1 aromatic rings. The number of aromatic hydroxyl groups is 1. The van der Waals surface area contributed by atoms with Crippen molar-refractivity contribution in [2.45, 2.75) is 26.9 Å². The van der Waals surface area contributed by atoms with Crippen molar-refractivity contribution in [3.63, 3.8) is 0 Å². The first-order valence-electron chi connectivity index (χ1n) is 9.28. The Morgan fingerprint density at radius 2 is 1.58 bits per heavy atom. The third kappa shape index (κ3) is 9.42. The lowest BCUT2D eigenvalue weighted by molar-refractivity contribution is -0.00229. The number of esters is 1. The fraction of sp³-hybridized carbons (Fsp3) is 0.500. The van der Waals surface area contributed by atoms with Crippen molar-refractivity contribution >= 4 is 21.6 Å². The van der Waals surface area contributed by atoms with Crippen LogP contribution in [0.15, 0.2) is 24.3 Å². The van der Waals surface area contributed by atoms with Gasteiger partial charge in [0.25, 0.3) is 0 Å². The number of phenolic OH excluding ortho intramolecular Hbond substituents is 1. The Morgan fingerprint density at radius 3 is 2.13 bits per heavy atom. The van der Waals surface area contributed by atoms with E-state index in [0.717, 1.165) is 0 Å². The van der Waals surface area contributed by atoms with Gasteiger partial charge >= 0.3 is 21.6 Å². The fourth-order valence-electron chi connectivity index (χ4n) is 2.09. The number of carbonyl (C=O) groups is 1. The number of rotatable bonds is 15. The zero-order valence-electron chi connectivity index (χ0n) is 17.4. The molecule has 31 heavy (non-hydrogen) atoms. The maximum Gasteiger partial charge on any atom is 0.538 e. The van der Waals surface area contributed by atoms with Gasteiger partial charge in [0.05, 0.1) is 26.4 Å². The first-order valence-corrected chi connectivity index (χ1v) is 12.2. The minimum atomic E-state index is -4.15. The molecule has 1 aromatic carbocycles. The summed E-state index contributed by atoms with van der Waals surface area (Å²) >= 11 is 0. The van der Waals surface area contributed by atoms with Crippen LogP contribution in [0.2, 0.25) is 0 Å². The second-order valence-corrected chi connectivity index (χ2v) is 8.71. The van der Waals surface area contributed by atoms with Gasteiger partial charge in [-0.3, -0.25) is 22.6 Å². The molecule has 0 saturated heterocycles. The molecule has 0 aliphatic carbocycles. The molecule has 2 unspecified atom stereocenters. The molecule has 1 N–H and O–H groups in total. The highest BCUT2D eigenvalue weighted by molar-refractivity contribution is 7.49. The maximum absolute atomic E-state index is 12.7. The highest BCUT2D eigenvalue weighted by Gasteiger charge is 2.35. The molecule has 174 valence electrons.